The number of benzene rings is 2. The molecule has 5 heteroatoms. The van der Waals surface area contributed by atoms with E-state index in [-0.39, 0.29) is 0 Å². The Morgan fingerprint density at radius 3 is 2.33 bits per heavy atom. The summed E-state index contributed by atoms with van der Waals surface area (Å²) < 4.78 is 12.7. The van der Waals surface area contributed by atoms with E-state index in [1.165, 1.54) is 0 Å². The van der Waals surface area contributed by atoms with Crippen molar-refractivity contribution in [3.8, 4) is 16.9 Å². The van der Waals surface area contributed by atoms with Gasteiger partial charge in [-0.05, 0) is 35.9 Å². The predicted molar refractivity (Wildman–Crippen MR) is 89.9 cm³/mol. The number of halogens is 2. The number of rotatable bonds is 2. The van der Waals surface area contributed by atoms with Gasteiger partial charge >= 0.3 is 5.63 Å². The highest BCUT2D eigenvalue weighted by Gasteiger charge is 2.17. The molecule has 1 heterocycles. The highest BCUT2D eigenvalue weighted by molar-refractivity contribution is 9.10. The number of ether oxygens (including phenoxy) is 1. The molecule has 0 radical (unpaired) electrons. The Morgan fingerprint density at radius 2 is 1.67 bits per heavy atom. The second-order valence-electron chi connectivity index (χ2n) is 4.45. The van der Waals surface area contributed by atoms with E-state index in [4.69, 9.17) is 9.15 Å². The molecule has 0 N–H and O–H groups in total. The van der Waals surface area contributed by atoms with E-state index in [0.717, 1.165) is 19.9 Å². The molecule has 1 aromatic heterocycles. The zero-order valence-electron chi connectivity index (χ0n) is 11.0. The molecule has 3 aromatic rings. The van der Waals surface area contributed by atoms with E-state index in [1.54, 1.807) is 13.2 Å². The summed E-state index contributed by atoms with van der Waals surface area (Å²) in [6, 6.07) is 13.0. The smallest absolute Gasteiger partial charge is 0.347 e. The predicted octanol–water partition coefficient (Wildman–Crippen LogP) is 4.99. The van der Waals surface area contributed by atoms with E-state index in [1.807, 2.05) is 36.4 Å². The number of hydrogen-bond acceptors (Lipinski definition) is 3. The fraction of sp³-hybridized carbons (Fsp3) is 0.0625. The minimum Gasteiger partial charge on any atom is -0.495 e. The summed E-state index contributed by atoms with van der Waals surface area (Å²) in [6.45, 7) is 0. The van der Waals surface area contributed by atoms with Crippen molar-refractivity contribution in [1.29, 1.82) is 0 Å². The van der Waals surface area contributed by atoms with Gasteiger partial charge in [-0.1, -0.05) is 44.0 Å². The van der Waals surface area contributed by atoms with Crippen LogP contribution in [0.2, 0.25) is 0 Å². The van der Waals surface area contributed by atoms with Gasteiger partial charge in [0.25, 0.3) is 0 Å². The summed E-state index contributed by atoms with van der Waals surface area (Å²) >= 11 is 6.75. The number of fused-ring (bicyclic) bond motifs is 1. The van der Waals surface area contributed by atoms with Crippen molar-refractivity contribution < 1.29 is 9.15 Å². The lowest BCUT2D eigenvalue weighted by molar-refractivity contribution is 0.415. The maximum Gasteiger partial charge on any atom is 0.347 e. The Hall–Kier alpha value is -1.59. The molecule has 0 aliphatic carbocycles. The second-order valence-corrected chi connectivity index (χ2v) is 6.28. The Morgan fingerprint density at radius 1 is 1.00 bits per heavy atom. The molecule has 0 atom stereocenters. The van der Waals surface area contributed by atoms with Crippen LogP contribution in [0, 0.1) is 0 Å². The molecule has 0 fully saturated rings. The van der Waals surface area contributed by atoms with Crippen molar-refractivity contribution in [3.05, 3.63) is 61.8 Å². The molecule has 0 unspecified atom stereocenters. The first-order chi connectivity index (χ1) is 10.1. The van der Waals surface area contributed by atoms with Crippen LogP contribution in [-0.4, -0.2) is 7.11 Å². The minimum absolute atomic E-state index is 0.417. The van der Waals surface area contributed by atoms with Crippen LogP contribution in [0.25, 0.3) is 22.1 Å². The lowest BCUT2D eigenvalue weighted by Gasteiger charge is -2.10. The van der Waals surface area contributed by atoms with Crippen LogP contribution >= 0.6 is 31.9 Å². The van der Waals surface area contributed by atoms with Crippen LogP contribution in [0.1, 0.15) is 0 Å². The van der Waals surface area contributed by atoms with Gasteiger partial charge in [-0.15, -0.1) is 0 Å². The molecule has 0 saturated carbocycles. The van der Waals surface area contributed by atoms with Crippen molar-refractivity contribution in [2.24, 2.45) is 0 Å². The van der Waals surface area contributed by atoms with E-state index in [0.29, 0.717) is 16.9 Å². The highest BCUT2D eigenvalue weighted by Crippen LogP contribution is 2.35. The SMILES string of the molecule is COc1c(-c2ccc(Br)cc2)c(=O)oc2cc(Br)ccc12. The van der Waals surface area contributed by atoms with Crippen molar-refractivity contribution in [2.75, 3.05) is 7.11 Å². The molecule has 0 aliphatic rings. The third-order valence-corrected chi connectivity index (χ3v) is 4.18. The molecule has 0 amide bonds. The van der Waals surface area contributed by atoms with Gasteiger partial charge in [-0.2, -0.15) is 0 Å². The fourth-order valence-electron chi connectivity index (χ4n) is 2.22. The van der Waals surface area contributed by atoms with Crippen LogP contribution in [0.3, 0.4) is 0 Å². The Labute approximate surface area is 137 Å². The standard InChI is InChI=1S/C16H10Br2O3/c1-20-15-12-7-6-11(18)8-13(12)21-16(19)14(15)9-2-4-10(17)5-3-9/h2-8H,1H3. The second kappa shape index (κ2) is 5.66. The fourth-order valence-corrected chi connectivity index (χ4v) is 2.83. The zero-order chi connectivity index (χ0) is 15.0. The average molecular weight is 410 g/mol. The summed E-state index contributed by atoms with van der Waals surface area (Å²) in [5, 5.41) is 0.762. The van der Waals surface area contributed by atoms with Gasteiger partial charge in [0.05, 0.1) is 12.5 Å². The molecule has 0 spiro atoms. The molecule has 2 aromatic carbocycles. The molecule has 21 heavy (non-hydrogen) atoms. The van der Waals surface area contributed by atoms with E-state index < -0.39 is 5.63 Å². The maximum absolute atomic E-state index is 12.3. The van der Waals surface area contributed by atoms with Gasteiger partial charge in [0.1, 0.15) is 16.9 Å². The summed E-state index contributed by atoms with van der Waals surface area (Å²) in [5.74, 6) is 0.524. The lowest BCUT2D eigenvalue weighted by atomic mass is 10.0. The number of methoxy groups -OCH3 is 1. The van der Waals surface area contributed by atoms with E-state index in [9.17, 15) is 4.79 Å². The Bertz CT molecular complexity index is 867. The van der Waals surface area contributed by atoms with Gasteiger partial charge in [0.15, 0.2) is 0 Å². The summed E-state index contributed by atoms with van der Waals surface area (Å²) in [5.41, 5.74) is 1.26. The molecule has 0 aliphatic heterocycles. The maximum atomic E-state index is 12.3. The first kappa shape index (κ1) is 14.4. The van der Waals surface area contributed by atoms with E-state index >= 15 is 0 Å². The first-order valence-corrected chi connectivity index (χ1v) is 7.75. The molecular weight excluding hydrogens is 400 g/mol. The van der Waals surface area contributed by atoms with Gasteiger partial charge in [-0.25, -0.2) is 4.79 Å². The lowest BCUT2D eigenvalue weighted by Crippen LogP contribution is -2.06. The van der Waals surface area contributed by atoms with Gasteiger partial charge < -0.3 is 9.15 Å². The Balaban J connectivity index is 2.37. The Kier molecular flexibility index (Phi) is 3.87. The average Bonchev–Trinajstić information content (AvgIpc) is 2.46. The molecule has 3 nitrogen and oxygen atoms in total. The normalized spacial score (nSPS) is 10.8. The first-order valence-electron chi connectivity index (χ1n) is 6.16. The highest BCUT2D eigenvalue weighted by atomic mass is 79.9. The van der Waals surface area contributed by atoms with Gasteiger partial charge in [0, 0.05) is 8.95 Å². The largest absolute Gasteiger partial charge is 0.495 e. The molecule has 0 bridgehead atoms. The van der Waals surface area contributed by atoms with Crippen molar-refractivity contribution >= 4 is 42.8 Å². The summed E-state index contributed by atoms with van der Waals surface area (Å²) in [4.78, 5) is 12.3. The monoisotopic (exact) mass is 408 g/mol. The quantitative estimate of drug-likeness (QED) is 0.559. The summed E-state index contributed by atoms with van der Waals surface area (Å²) in [6.07, 6.45) is 0. The molecule has 3 rings (SSSR count). The third kappa shape index (κ3) is 2.63. The third-order valence-electron chi connectivity index (χ3n) is 3.16. The zero-order valence-corrected chi connectivity index (χ0v) is 14.2. The topological polar surface area (TPSA) is 39.4 Å². The molecular formula is C16H10Br2O3. The minimum atomic E-state index is -0.417. The van der Waals surface area contributed by atoms with Crippen LogP contribution in [-0.2, 0) is 0 Å². The molecule has 0 saturated heterocycles. The van der Waals surface area contributed by atoms with Crippen LogP contribution in [0.5, 0.6) is 5.75 Å². The van der Waals surface area contributed by atoms with Gasteiger partial charge in [-0.3, -0.25) is 0 Å². The van der Waals surface area contributed by atoms with Crippen molar-refractivity contribution in [1.82, 2.24) is 0 Å². The van der Waals surface area contributed by atoms with Crippen molar-refractivity contribution in [3.63, 3.8) is 0 Å². The van der Waals surface area contributed by atoms with Crippen LogP contribution < -0.4 is 10.4 Å². The summed E-state index contributed by atoms with van der Waals surface area (Å²) in [7, 11) is 1.55. The van der Waals surface area contributed by atoms with Crippen LogP contribution in [0.4, 0.5) is 0 Å². The van der Waals surface area contributed by atoms with Crippen LogP contribution in [0.15, 0.2) is 60.6 Å². The molecule has 106 valence electrons. The van der Waals surface area contributed by atoms with Gasteiger partial charge in [0.2, 0.25) is 0 Å². The van der Waals surface area contributed by atoms with E-state index in [2.05, 4.69) is 31.9 Å². The van der Waals surface area contributed by atoms with Crippen molar-refractivity contribution in [2.45, 2.75) is 0 Å². The number of hydrogen-bond donors (Lipinski definition) is 0.